The fourth-order valence-electron chi connectivity index (χ4n) is 2.34. The van der Waals surface area contributed by atoms with Gasteiger partial charge < -0.3 is 8.83 Å². The van der Waals surface area contributed by atoms with Gasteiger partial charge in [-0.2, -0.15) is 0 Å². The monoisotopic (exact) mass is 413 g/mol. The predicted octanol–water partition coefficient (Wildman–Crippen LogP) is 4.84. The second kappa shape index (κ2) is 5.85. The molecule has 4 nitrogen and oxygen atoms in total. The van der Waals surface area contributed by atoms with Crippen LogP contribution in [0.5, 0.6) is 0 Å². The molecule has 1 unspecified atom stereocenters. The number of hydrogen-bond acceptors (Lipinski definition) is 3. The van der Waals surface area contributed by atoms with E-state index in [2.05, 4.69) is 31.9 Å². The molecule has 0 amide bonds. The van der Waals surface area contributed by atoms with E-state index in [4.69, 9.17) is 8.83 Å². The third kappa shape index (κ3) is 2.62. The van der Waals surface area contributed by atoms with Gasteiger partial charge in [0.05, 0.1) is 16.6 Å². The largest absolute Gasteiger partial charge is 0.457 e. The van der Waals surface area contributed by atoms with Crippen LogP contribution in [0.15, 0.2) is 48.8 Å². The number of nitrogens with zero attached hydrogens (tertiary/aromatic N) is 1. The normalized spacial score (nSPS) is 12.9. The SMILES string of the molecule is CCCn1c(=O)oc2cc(C(Br)c3ccoc3Br)ccc21. The Morgan fingerprint density at radius 3 is 2.81 bits per heavy atom. The van der Waals surface area contributed by atoms with Crippen molar-refractivity contribution in [3.63, 3.8) is 0 Å². The number of fused-ring (bicyclic) bond motifs is 1. The number of aryl methyl sites for hydroxylation is 1. The van der Waals surface area contributed by atoms with E-state index in [1.165, 1.54) is 0 Å². The molecular weight excluding hydrogens is 402 g/mol. The molecule has 0 spiro atoms. The van der Waals surface area contributed by atoms with E-state index < -0.39 is 0 Å². The van der Waals surface area contributed by atoms with Gasteiger partial charge in [0.1, 0.15) is 0 Å². The Bertz CT molecular complexity index is 831. The summed E-state index contributed by atoms with van der Waals surface area (Å²) in [5, 5.41) is 0. The van der Waals surface area contributed by atoms with Gasteiger partial charge in [-0.25, -0.2) is 4.79 Å². The summed E-state index contributed by atoms with van der Waals surface area (Å²) in [6, 6.07) is 7.70. The summed E-state index contributed by atoms with van der Waals surface area (Å²) in [7, 11) is 0. The Morgan fingerprint density at radius 1 is 1.33 bits per heavy atom. The molecule has 1 atom stereocenters. The van der Waals surface area contributed by atoms with Gasteiger partial charge in [0, 0.05) is 12.1 Å². The van der Waals surface area contributed by atoms with Crippen molar-refractivity contribution in [1.82, 2.24) is 4.57 Å². The van der Waals surface area contributed by atoms with E-state index in [0.29, 0.717) is 16.8 Å². The van der Waals surface area contributed by atoms with Crippen LogP contribution in [-0.4, -0.2) is 4.57 Å². The Balaban J connectivity index is 2.06. The van der Waals surface area contributed by atoms with Crippen molar-refractivity contribution in [1.29, 1.82) is 0 Å². The second-order valence-corrected chi connectivity index (χ2v) is 6.39. The molecule has 0 aliphatic carbocycles. The minimum atomic E-state index is -0.306. The van der Waals surface area contributed by atoms with E-state index in [1.807, 2.05) is 31.2 Å². The predicted molar refractivity (Wildman–Crippen MR) is 87.9 cm³/mol. The van der Waals surface area contributed by atoms with Crippen molar-refractivity contribution in [3.05, 3.63) is 56.9 Å². The molecule has 2 aromatic heterocycles. The number of oxazole rings is 1. The Morgan fingerprint density at radius 2 is 2.14 bits per heavy atom. The zero-order valence-electron chi connectivity index (χ0n) is 11.3. The lowest BCUT2D eigenvalue weighted by Gasteiger charge is -2.08. The maximum atomic E-state index is 11.9. The van der Waals surface area contributed by atoms with E-state index >= 15 is 0 Å². The smallest absolute Gasteiger partial charge is 0.419 e. The van der Waals surface area contributed by atoms with E-state index in [1.54, 1.807) is 10.8 Å². The summed E-state index contributed by atoms with van der Waals surface area (Å²) in [5.74, 6) is -0.306. The summed E-state index contributed by atoms with van der Waals surface area (Å²) in [6.07, 6.45) is 2.52. The van der Waals surface area contributed by atoms with Crippen molar-refractivity contribution in [2.24, 2.45) is 0 Å². The molecule has 0 bridgehead atoms. The molecule has 0 saturated carbocycles. The highest BCUT2D eigenvalue weighted by Crippen LogP contribution is 2.36. The highest BCUT2D eigenvalue weighted by atomic mass is 79.9. The molecule has 2 heterocycles. The number of alkyl halides is 1. The Kier molecular flexibility index (Phi) is 4.08. The molecule has 6 heteroatoms. The zero-order chi connectivity index (χ0) is 15.0. The van der Waals surface area contributed by atoms with Crippen LogP contribution in [-0.2, 0) is 6.54 Å². The molecule has 3 aromatic rings. The molecule has 110 valence electrons. The fourth-order valence-corrected chi connectivity index (χ4v) is 3.76. The number of halogens is 2. The third-order valence-electron chi connectivity index (χ3n) is 3.35. The van der Waals surface area contributed by atoms with E-state index in [-0.39, 0.29) is 10.6 Å². The zero-order valence-corrected chi connectivity index (χ0v) is 14.5. The molecule has 3 rings (SSSR count). The Labute approximate surface area is 138 Å². The van der Waals surface area contributed by atoms with Crippen molar-refractivity contribution >= 4 is 43.0 Å². The molecule has 0 aliphatic rings. The van der Waals surface area contributed by atoms with Gasteiger partial charge in [-0.1, -0.05) is 28.9 Å². The maximum absolute atomic E-state index is 11.9. The molecule has 0 radical (unpaired) electrons. The summed E-state index contributed by atoms with van der Waals surface area (Å²) in [6.45, 7) is 2.70. The van der Waals surface area contributed by atoms with Gasteiger partial charge in [0.15, 0.2) is 10.3 Å². The minimum Gasteiger partial charge on any atom is -0.457 e. The summed E-state index contributed by atoms with van der Waals surface area (Å²) in [4.78, 5) is 11.8. The van der Waals surface area contributed by atoms with E-state index in [0.717, 1.165) is 23.1 Å². The molecule has 1 aromatic carbocycles. The topological polar surface area (TPSA) is 48.3 Å². The summed E-state index contributed by atoms with van der Waals surface area (Å²) < 4.78 is 13.0. The summed E-state index contributed by atoms with van der Waals surface area (Å²) >= 11 is 7.03. The van der Waals surface area contributed by atoms with Crippen LogP contribution in [0.4, 0.5) is 0 Å². The molecule has 21 heavy (non-hydrogen) atoms. The number of hydrogen-bond donors (Lipinski definition) is 0. The lowest BCUT2D eigenvalue weighted by molar-refractivity contribution is 0.502. The first-order chi connectivity index (χ1) is 10.1. The van der Waals surface area contributed by atoms with Gasteiger partial charge in [0.25, 0.3) is 0 Å². The number of benzene rings is 1. The average molecular weight is 415 g/mol. The first-order valence-electron chi connectivity index (χ1n) is 6.62. The van der Waals surface area contributed by atoms with Gasteiger partial charge in [-0.3, -0.25) is 4.57 Å². The van der Waals surface area contributed by atoms with Gasteiger partial charge in [-0.15, -0.1) is 0 Å². The van der Waals surface area contributed by atoms with E-state index in [9.17, 15) is 4.79 Å². The van der Waals surface area contributed by atoms with Gasteiger partial charge in [0.2, 0.25) is 0 Å². The highest BCUT2D eigenvalue weighted by molar-refractivity contribution is 9.10. The molecule has 0 saturated heterocycles. The minimum absolute atomic E-state index is 0.0325. The number of furan rings is 1. The quantitative estimate of drug-likeness (QED) is 0.573. The van der Waals surface area contributed by atoms with Crippen LogP contribution in [0.3, 0.4) is 0 Å². The highest BCUT2D eigenvalue weighted by Gasteiger charge is 2.18. The van der Waals surface area contributed by atoms with Crippen molar-refractivity contribution in [2.45, 2.75) is 24.7 Å². The van der Waals surface area contributed by atoms with Crippen LogP contribution in [0.25, 0.3) is 11.1 Å². The fraction of sp³-hybridized carbons (Fsp3) is 0.267. The van der Waals surface area contributed by atoms with Crippen molar-refractivity contribution in [2.75, 3.05) is 0 Å². The first-order valence-corrected chi connectivity index (χ1v) is 8.33. The van der Waals surface area contributed by atoms with Crippen LogP contribution in [0.2, 0.25) is 0 Å². The van der Waals surface area contributed by atoms with Crippen molar-refractivity contribution in [3.8, 4) is 0 Å². The standard InChI is InChI=1S/C15H13Br2NO3/c1-2-6-18-11-4-3-9(8-12(11)21-15(18)19)13(16)10-5-7-20-14(10)17/h3-5,7-8,13H,2,6H2,1H3. The van der Waals surface area contributed by atoms with Crippen LogP contribution < -0.4 is 5.76 Å². The molecule has 0 aliphatic heterocycles. The third-order valence-corrected chi connectivity index (χ3v) is 5.02. The molecule has 0 N–H and O–H groups in total. The van der Waals surface area contributed by atoms with Crippen LogP contribution >= 0.6 is 31.9 Å². The van der Waals surface area contributed by atoms with Crippen molar-refractivity contribution < 1.29 is 8.83 Å². The molecule has 0 fully saturated rings. The maximum Gasteiger partial charge on any atom is 0.419 e. The number of rotatable bonds is 4. The average Bonchev–Trinajstić information content (AvgIpc) is 3.02. The molecular formula is C15H13Br2NO3. The summed E-state index contributed by atoms with van der Waals surface area (Å²) in [5.41, 5.74) is 3.43. The lowest BCUT2D eigenvalue weighted by Crippen LogP contribution is -2.13. The second-order valence-electron chi connectivity index (χ2n) is 4.76. The Hall–Kier alpha value is -1.27. The van der Waals surface area contributed by atoms with Gasteiger partial charge in [-0.05, 0) is 46.1 Å². The lowest BCUT2D eigenvalue weighted by atomic mass is 10.1. The first kappa shape index (κ1) is 14.7. The van der Waals surface area contributed by atoms with Gasteiger partial charge >= 0.3 is 5.76 Å². The number of aromatic nitrogens is 1. The van der Waals surface area contributed by atoms with Crippen LogP contribution in [0.1, 0.15) is 29.3 Å². The van der Waals surface area contributed by atoms with Crippen LogP contribution in [0, 0.1) is 0 Å².